The number of ketones is 1. The van der Waals surface area contributed by atoms with Crippen LogP contribution in [-0.2, 0) is 4.79 Å². The predicted molar refractivity (Wildman–Crippen MR) is 131 cm³/mol. The van der Waals surface area contributed by atoms with Crippen molar-refractivity contribution in [1.29, 1.82) is 0 Å². The van der Waals surface area contributed by atoms with E-state index >= 15 is 0 Å². The van der Waals surface area contributed by atoms with Gasteiger partial charge in [-0.1, -0.05) is 54.1 Å². The first-order chi connectivity index (χ1) is 16.1. The molecular weight excluding hydrogens is 436 g/mol. The monoisotopic (exact) mass is 460 g/mol. The zero-order valence-corrected chi connectivity index (χ0v) is 19.2. The molecule has 2 aliphatic rings. The molecule has 0 bridgehead atoms. The van der Waals surface area contributed by atoms with Crippen LogP contribution in [0.15, 0.2) is 78.5 Å². The highest BCUT2D eigenvalue weighted by Gasteiger charge is 2.41. The average Bonchev–Trinajstić information content (AvgIpc) is 3.00. The summed E-state index contributed by atoms with van der Waals surface area (Å²) in [4.78, 5) is 13.7. The Bertz CT molecular complexity index is 1220. The molecule has 6 heteroatoms. The van der Waals surface area contributed by atoms with E-state index in [4.69, 9.17) is 21.1 Å². The summed E-state index contributed by atoms with van der Waals surface area (Å²) in [5.74, 6) is 1.00. The second kappa shape index (κ2) is 8.83. The minimum Gasteiger partial charge on any atom is -0.493 e. The fourth-order valence-corrected chi connectivity index (χ4v) is 4.97. The van der Waals surface area contributed by atoms with Crippen molar-refractivity contribution in [2.45, 2.75) is 18.4 Å². The molecule has 0 fully saturated rings. The van der Waals surface area contributed by atoms with Crippen molar-refractivity contribution in [2.75, 3.05) is 24.9 Å². The minimum atomic E-state index is -0.401. The summed E-state index contributed by atoms with van der Waals surface area (Å²) in [5.41, 5.74) is 4.70. The van der Waals surface area contributed by atoms with Crippen molar-refractivity contribution in [3.8, 4) is 11.5 Å². The van der Waals surface area contributed by atoms with Gasteiger partial charge in [0.15, 0.2) is 11.5 Å². The number of para-hydroxylation sites is 3. The third kappa shape index (κ3) is 3.93. The van der Waals surface area contributed by atoms with Gasteiger partial charge in [-0.05, 0) is 35.9 Å². The molecule has 0 spiro atoms. The van der Waals surface area contributed by atoms with Crippen LogP contribution < -0.4 is 20.1 Å². The maximum Gasteiger partial charge on any atom is 0.166 e. The van der Waals surface area contributed by atoms with Gasteiger partial charge in [-0.3, -0.25) is 4.79 Å². The van der Waals surface area contributed by atoms with Crippen LogP contribution in [-0.4, -0.2) is 20.0 Å². The number of nitrogens with one attached hydrogen (secondary N) is 2. The first kappa shape index (κ1) is 21.4. The van der Waals surface area contributed by atoms with Gasteiger partial charge in [-0.25, -0.2) is 0 Å². The number of ether oxygens (including phenoxy) is 2. The van der Waals surface area contributed by atoms with Gasteiger partial charge in [0.2, 0.25) is 0 Å². The number of hydrogen-bond acceptors (Lipinski definition) is 5. The van der Waals surface area contributed by atoms with Crippen LogP contribution in [0.5, 0.6) is 11.5 Å². The fourth-order valence-electron chi connectivity index (χ4n) is 4.84. The highest BCUT2D eigenvalue weighted by atomic mass is 35.5. The number of methoxy groups -OCH3 is 2. The van der Waals surface area contributed by atoms with Crippen LogP contribution >= 0.6 is 11.6 Å². The van der Waals surface area contributed by atoms with E-state index in [2.05, 4.69) is 16.7 Å². The zero-order chi connectivity index (χ0) is 22.9. The Balaban J connectivity index is 1.65. The molecule has 1 aliphatic heterocycles. The summed E-state index contributed by atoms with van der Waals surface area (Å²) in [7, 11) is 3.24. The van der Waals surface area contributed by atoms with Crippen LogP contribution in [0.2, 0.25) is 5.02 Å². The lowest BCUT2D eigenvalue weighted by molar-refractivity contribution is -0.122. The van der Waals surface area contributed by atoms with Crippen LogP contribution in [0.4, 0.5) is 11.4 Å². The van der Waals surface area contributed by atoms with Crippen molar-refractivity contribution in [3.05, 3.63) is 94.7 Å². The largest absolute Gasteiger partial charge is 0.493 e. The lowest BCUT2D eigenvalue weighted by Crippen LogP contribution is -2.34. The molecule has 0 aromatic heterocycles. The number of hydrogen-bond donors (Lipinski definition) is 2. The van der Waals surface area contributed by atoms with Gasteiger partial charge >= 0.3 is 0 Å². The van der Waals surface area contributed by atoms with E-state index in [0.29, 0.717) is 22.9 Å². The van der Waals surface area contributed by atoms with E-state index < -0.39 is 5.92 Å². The Morgan fingerprint density at radius 1 is 0.909 bits per heavy atom. The van der Waals surface area contributed by atoms with Crippen molar-refractivity contribution in [1.82, 2.24) is 0 Å². The van der Waals surface area contributed by atoms with Gasteiger partial charge in [0, 0.05) is 28.6 Å². The molecule has 1 heterocycles. The van der Waals surface area contributed by atoms with Crippen molar-refractivity contribution >= 4 is 28.8 Å². The molecule has 0 saturated carbocycles. The number of benzene rings is 3. The minimum absolute atomic E-state index is 0.0216. The van der Waals surface area contributed by atoms with Crippen LogP contribution in [0.1, 0.15) is 29.5 Å². The quantitative estimate of drug-likeness (QED) is 0.486. The van der Waals surface area contributed by atoms with Crippen LogP contribution in [0, 0.1) is 5.92 Å². The third-order valence-electron chi connectivity index (χ3n) is 6.40. The van der Waals surface area contributed by atoms with E-state index in [9.17, 15) is 4.79 Å². The third-order valence-corrected chi connectivity index (χ3v) is 6.65. The standard InChI is InChI=1S/C27H25ClN2O3/c1-32-24-9-5-6-19(27(24)33-2)26-25-22(29-20-7-3-4-8-21(20)30-26)14-17(15-23(25)31)16-10-12-18(28)13-11-16/h3-14,17,25-26,29-30H,15H2,1-2H3. The van der Waals surface area contributed by atoms with Crippen molar-refractivity contribution < 1.29 is 14.3 Å². The molecule has 0 amide bonds. The molecule has 5 nitrogen and oxygen atoms in total. The maximum absolute atomic E-state index is 13.7. The van der Waals surface area contributed by atoms with Gasteiger partial charge < -0.3 is 20.1 Å². The molecular formula is C27H25ClN2O3. The zero-order valence-electron chi connectivity index (χ0n) is 18.5. The first-order valence-electron chi connectivity index (χ1n) is 10.9. The Labute approximate surface area is 198 Å². The van der Waals surface area contributed by atoms with Crippen LogP contribution in [0.3, 0.4) is 0 Å². The average molecular weight is 461 g/mol. The van der Waals surface area contributed by atoms with E-state index in [1.165, 1.54) is 0 Å². The molecule has 168 valence electrons. The van der Waals surface area contributed by atoms with E-state index in [1.54, 1.807) is 14.2 Å². The molecule has 33 heavy (non-hydrogen) atoms. The lowest BCUT2D eigenvalue weighted by atomic mass is 9.76. The summed E-state index contributed by atoms with van der Waals surface area (Å²) < 4.78 is 11.3. The molecule has 1 aliphatic carbocycles. The Kier molecular flexibility index (Phi) is 5.73. The number of fused-ring (bicyclic) bond motifs is 2. The Hall–Kier alpha value is -3.44. The van der Waals surface area contributed by atoms with E-state index in [1.807, 2.05) is 66.7 Å². The predicted octanol–water partition coefficient (Wildman–Crippen LogP) is 6.19. The number of allylic oxidation sites excluding steroid dienone is 1. The van der Waals surface area contributed by atoms with Gasteiger partial charge in [0.25, 0.3) is 0 Å². The maximum atomic E-state index is 13.7. The smallest absolute Gasteiger partial charge is 0.166 e. The van der Waals surface area contributed by atoms with Gasteiger partial charge in [-0.15, -0.1) is 0 Å². The molecule has 5 rings (SSSR count). The molecule has 3 atom stereocenters. The van der Waals surface area contributed by atoms with E-state index in [0.717, 1.165) is 28.2 Å². The van der Waals surface area contributed by atoms with E-state index in [-0.39, 0.29) is 17.7 Å². The highest BCUT2D eigenvalue weighted by Crippen LogP contribution is 2.47. The molecule has 3 aromatic rings. The summed E-state index contributed by atoms with van der Waals surface area (Å²) >= 11 is 6.08. The molecule has 3 aromatic carbocycles. The number of rotatable bonds is 4. The summed E-state index contributed by atoms with van der Waals surface area (Å²) in [6.07, 6.45) is 2.59. The summed E-state index contributed by atoms with van der Waals surface area (Å²) in [6.45, 7) is 0. The molecule has 3 unspecified atom stereocenters. The van der Waals surface area contributed by atoms with Crippen molar-refractivity contribution in [2.24, 2.45) is 5.92 Å². The molecule has 0 radical (unpaired) electrons. The topological polar surface area (TPSA) is 59.6 Å². The Morgan fingerprint density at radius 3 is 2.39 bits per heavy atom. The lowest BCUT2D eigenvalue weighted by Gasteiger charge is -2.33. The normalized spacial score (nSPS) is 21.5. The molecule has 0 saturated heterocycles. The number of anilines is 2. The Morgan fingerprint density at radius 2 is 1.67 bits per heavy atom. The summed E-state index contributed by atoms with van der Waals surface area (Å²) in [6, 6.07) is 21.2. The summed E-state index contributed by atoms with van der Waals surface area (Å²) in [5, 5.41) is 7.85. The van der Waals surface area contributed by atoms with Gasteiger partial charge in [0.1, 0.15) is 5.78 Å². The SMILES string of the molecule is COc1cccc(C2Nc3ccccc3NC3=CC(c4ccc(Cl)cc4)CC(=O)C32)c1OC. The van der Waals surface area contributed by atoms with Gasteiger partial charge in [0.05, 0.1) is 37.6 Å². The van der Waals surface area contributed by atoms with Crippen LogP contribution in [0.25, 0.3) is 0 Å². The first-order valence-corrected chi connectivity index (χ1v) is 11.3. The second-order valence-corrected chi connectivity index (χ2v) is 8.74. The fraction of sp³-hybridized carbons (Fsp3) is 0.222. The number of carbonyl (C=O) groups is 1. The molecule has 2 N–H and O–H groups in total. The number of Topliss-reactive ketones (excluding diaryl/α,β-unsaturated/α-hetero) is 1. The number of halogens is 1. The van der Waals surface area contributed by atoms with Gasteiger partial charge in [-0.2, -0.15) is 0 Å². The number of carbonyl (C=O) groups excluding carboxylic acids is 1. The highest BCUT2D eigenvalue weighted by molar-refractivity contribution is 6.30. The van der Waals surface area contributed by atoms with Crippen molar-refractivity contribution in [3.63, 3.8) is 0 Å². The second-order valence-electron chi connectivity index (χ2n) is 8.30.